The molecule has 0 spiro atoms. The standard InChI is InChI=1S/C14H15Cl2NO2.C14H16ClNO3/c1-14(2,3)19-13(18)17-8-11(16)10-6-9(7-15)4-5-12(10)17;1-14(2,3)19-13(18)16-7-11(15)10-6-9(8-17)4-5-12(10)16/h4-6,8H,7H2,1-3H3;4-7,17H,8H2,1-3H3. The summed E-state index contributed by atoms with van der Waals surface area (Å²) in [5.41, 5.74) is 1.97. The molecule has 2 aromatic carbocycles. The Bertz CT molecular complexity index is 1360. The molecule has 0 bridgehead atoms. The number of hydrogen-bond acceptors (Lipinski definition) is 5. The Morgan fingerprint density at radius 1 is 0.763 bits per heavy atom. The molecule has 2 aromatic heterocycles. The lowest BCUT2D eigenvalue weighted by molar-refractivity contribution is 0.0533. The van der Waals surface area contributed by atoms with Gasteiger partial charge in [-0.2, -0.15) is 0 Å². The first-order valence-electron chi connectivity index (χ1n) is 11.9. The molecule has 0 aliphatic heterocycles. The molecule has 4 rings (SSSR count). The molecule has 204 valence electrons. The quantitative estimate of drug-likeness (QED) is 0.240. The van der Waals surface area contributed by atoms with Crippen LogP contribution in [0.5, 0.6) is 0 Å². The van der Waals surface area contributed by atoms with E-state index in [4.69, 9.17) is 49.4 Å². The SMILES string of the molecule is CC(C)(C)OC(=O)n1cc(Cl)c2cc(CCl)ccc21.CC(C)(C)OC(=O)n1cc(Cl)c2cc(CO)ccc21. The summed E-state index contributed by atoms with van der Waals surface area (Å²) in [6.07, 6.45) is 2.18. The van der Waals surface area contributed by atoms with Gasteiger partial charge < -0.3 is 14.6 Å². The second-order valence-electron chi connectivity index (χ2n) is 10.6. The van der Waals surface area contributed by atoms with Crippen LogP contribution in [-0.4, -0.2) is 37.6 Å². The zero-order valence-corrected chi connectivity index (χ0v) is 24.4. The molecule has 0 amide bonds. The van der Waals surface area contributed by atoms with Crippen LogP contribution < -0.4 is 0 Å². The van der Waals surface area contributed by atoms with Crippen LogP contribution in [-0.2, 0) is 22.0 Å². The third-order valence-electron chi connectivity index (χ3n) is 5.16. The Morgan fingerprint density at radius 3 is 1.53 bits per heavy atom. The zero-order valence-electron chi connectivity index (χ0n) is 22.1. The first-order valence-corrected chi connectivity index (χ1v) is 13.1. The van der Waals surface area contributed by atoms with Gasteiger partial charge in [0.1, 0.15) is 11.2 Å². The maximum atomic E-state index is 12.1. The van der Waals surface area contributed by atoms with Crippen LogP contribution in [0.1, 0.15) is 52.7 Å². The van der Waals surface area contributed by atoms with Crippen molar-refractivity contribution in [1.29, 1.82) is 0 Å². The molecule has 0 fully saturated rings. The van der Waals surface area contributed by atoms with Crippen LogP contribution in [0.25, 0.3) is 21.8 Å². The van der Waals surface area contributed by atoms with Crippen molar-refractivity contribution in [3.63, 3.8) is 0 Å². The first-order chi connectivity index (χ1) is 17.6. The van der Waals surface area contributed by atoms with E-state index >= 15 is 0 Å². The lowest BCUT2D eigenvalue weighted by atomic mass is 10.2. The number of hydrogen-bond donors (Lipinski definition) is 1. The van der Waals surface area contributed by atoms with E-state index in [2.05, 4.69) is 0 Å². The fourth-order valence-corrected chi connectivity index (χ4v) is 4.24. The highest BCUT2D eigenvalue weighted by molar-refractivity contribution is 6.36. The van der Waals surface area contributed by atoms with Crippen molar-refractivity contribution in [2.24, 2.45) is 0 Å². The van der Waals surface area contributed by atoms with E-state index < -0.39 is 23.4 Å². The summed E-state index contributed by atoms with van der Waals surface area (Å²) in [4.78, 5) is 24.2. The largest absolute Gasteiger partial charge is 0.443 e. The number of rotatable bonds is 2. The molecular weight excluding hydrogens is 551 g/mol. The molecular formula is C28H31Cl3N2O5. The molecule has 0 aliphatic carbocycles. The third kappa shape index (κ3) is 7.23. The van der Waals surface area contributed by atoms with E-state index in [9.17, 15) is 9.59 Å². The average molecular weight is 582 g/mol. The topological polar surface area (TPSA) is 82.7 Å². The number of benzene rings is 2. The van der Waals surface area contributed by atoms with Crippen molar-refractivity contribution in [1.82, 2.24) is 9.13 Å². The maximum absolute atomic E-state index is 12.1. The molecule has 1 N–H and O–H groups in total. The van der Waals surface area contributed by atoms with Crippen molar-refractivity contribution in [2.75, 3.05) is 0 Å². The third-order valence-corrected chi connectivity index (χ3v) is 6.07. The van der Waals surface area contributed by atoms with E-state index in [0.29, 0.717) is 27.0 Å². The molecule has 0 aliphatic rings. The van der Waals surface area contributed by atoms with Crippen molar-refractivity contribution >= 4 is 68.8 Å². The summed E-state index contributed by atoms with van der Waals surface area (Å²) in [7, 11) is 0. The lowest BCUT2D eigenvalue weighted by Gasteiger charge is -2.19. The number of nitrogens with zero attached hydrogens (tertiary/aromatic N) is 2. The maximum Gasteiger partial charge on any atom is 0.419 e. The monoisotopic (exact) mass is 580 g/mol. The highest BCUT2D eigenvalue weighted by Gasteiger charge is 2.21. The number of ether oxygens (including phenoxy) is 2. The number of aromatic nitrogens is 2. The molecule has 4 aromatic rings. The van der Waals surface area contributed by atoms with Crippen molar-refractivity contribution in [3.05, 3.63) is 70.0 Å². The zero-order chi connectivity index (χ0) is 28.4. The van der Waals surface area contributed by atoms with Crippen LogP contribution in [0.2, 0.25) is 10.0 Å². The predicted molar refractivity (Wildman–Crippen MR) is 153 cm³/mol. The fourth-order valence-electron chi connectivity index (χ4n) is 3.58. The van der Waals surface area contributed by atoms with Crippen molar-refractivity contribution in [2.45, 2.75) is 65.2 Å². The Hall–Kier alpha value is -2.71. The highest BCUT2D eigenvalue weighted by atomic mass is 35.5. The van der Waals surface area contributed by atoms with E-state index in [1.807, 2.05) is 59.7 Å². The summed E-state index contributed by atoms with van der Waals surface area (Å²) in [5, 5.41) is 11.6. The smallest absolute Gasteiger partial charge is 0.419 e. The molecule has 10 heteroatoms. The number of aliphatic hydroxyl groups is 1. The molecule has 7 nitrogen and oxygen atoms in total. The van der Waals surface area contributed by atoms with Gasteiger partial charge in [-0.15, -0.1) is 11.6 Å². The second-order valence-corrected chi connectivity index (χ2v) is 11.7. The molecule has 38 heavy (non-hydrogen) atoms. The Kier molecular flexibility index (Phi) is 9.09. The minimum absolute atomic E-state index is 0.0656. The van der Waals surface area contributed by atoms with Crippen LogP contribution >= 0.6 is 34.8 Å². The number of aliphatic hydroxyl groups excluding tert-OH is 1. The summed E-state index contributed by atoms with van der Waals surface area (Å²) in [6.45, 7) is 10.8. The second kappa shape index (κ2) is 11.6. The molecule has 0 atom stereocenters. The summed E-state index contributed by atoms with van der Waals surface area (Å²) in [6, 6.07) is 10.8. The van der Waals surface area contributed by atoms with Gasteiger partial charge in [-0.25, -0.2) is 9.59 Å². The van der Waals surface area contributed by atoms with E-state index in [-0.39, 0.29) is 6.61 Å². The molecule has 0 saturated carbocycles. The van der Waals surface area contributed by atoms with Gasteiger partial charge in [-0.3, -0.25) is 9.13 Å². The molecule has 0 unspecified atom stereocenters. The summed E-state index contributed by atoms with van der Waals surface area (Å²) < 4.78 is 13.5. The number of fused-ring (bicyclic) bond motifs is 2. The minimum atomic E-state index is -0.564. The van der Waals surface area contributed by atoms with Gasteiger partial charge in [0.05, 0.1) is 27.7 Å². The van der Waals surface area contributed by atoms with Crippen LogP contribution in [0.15, 0.2) is 48.8 Å². The van der Waals surface area contributed by atoms with E-state index in [1.165, 1.54) is 15.3 Å². The van der Waals surface area contributed by atoms with E-state index in [0.717, 1.165) is 21.9 Å². The number of halogens is 3. The average Bonchev–Trinajstić information content (AvgIpc) is 3.33. The van der Waals surface area contributed by atoms with Crippen LogP contribution in [0.4, 0.5) is 9.59 Å². The number of carbonyl (C=O) groups is 2. The fraction of sp³-hybridized carbons (Fsp3) is 0.357. The number of carbonyl (C=O) groups excluding carboxylic acids is 2. The van der Waals surface area contributed by atoms with E-state index in [1.54, 1.807) is 24.4 Å². The number of alkyl halides is 1. The Morgan fingerprint density at radius 2 is 1.16 bits per heavy atom. The Balaban J connectivity index is 0.000000211. The van der Waals surface area contributed by atoms with Crippen molar-refractivity contribution < 1.29 is 24.2 Å². The Labute approximate surface area is 236 Å². The van der Waals surface area contributed by atoms with Gasteiger partial charge >= 0.3 is 12.2 Å². The van der Waals surface area contributed by atoms with Gasteiger partial charge in [0.25, 0.3) is 0 Å². The highest BCUT2D eigenvalue weighted by Crippen LogP contribution is 2.29. The lowest BCUT2D eigenvalue weighted by Crippen LogP contribution is -2.26. The van der Waals surface area contributed by atoms with Gasteiger partial charge in [-0.1, -0.05) is 35.3 Å². The van der Waals surface area contributed by atoms with Crippen LogP contribution in [0, 0.1) is 0 Å². The molecule has 2 heterocycles. The van der Waals surface area contributed by atoms with Crippen LogP contribution in [0.3, 0.4) is 0 Å². The van der Waals surface area contributed by atoms with Crippen molar-refractivity contribution in [3.8, 4) is 0 Å². The summed E-state index contributed by atoms with van der Waals surface area (Å²) in [5.74, 6) is 0.407. The minimum Gasteiger partial charge on any atom is -0.443 e. The van der Waals surface area contributed by atoms with Gasteiger partial charge in [0, 0.05) is 29.0 Å². The normalized spacial score (nSPS) is 11.8. The predicted octanol–water partition coefficient (Wildman–Crippen LogP) is 8.39. The first kappa shape index (κ1) is 29.8. The summed E-state index contributed by atoms with van der Waals surface area (Å²) >= 11 is 18.1. The molecule has 0 saturated heterocycles. The van der Waals surface area contributed by atoms with Gasteiger partial charge in [0.15, 0.2) is 0 Å². The molecule has 0 radical (unpaired) electrons. The van der Waals surface area contributed by atoms with Gasteiger partial charge in [-0.05, 0) is 76.9 Å². The van der Waals surface area contributed by atoms with Gasteiger partial charge in [0.2, 0.25) is 0 Å².